The summed E-state index contributed by atoms with van der Waals surface area (Å²) in [5, 5.41) is 17.1. The number of nitrogens with one attached hydrogen (secondary N) is 3. The highest BCUT2D eigenvalue weighted by Crippen LogP contribution is 2.23. The van der Waals surface area contributed by atoms with Gasteiger partial charge in [-0.15, -0.1) is 0 Å². The van der Waals surface area contributed by atoms with E-state index in [0.717, 1.165) is 11.1 Å². The summed E-state index contributed by atoms with van der Waals surface area (Å²) in [5.74, 6) is 0.0432. The van der Waals surface area contributed by atoms with Gasteiger partial charge in [0, 0.05) is 29.4 Å². The number of benzene rings is 2. The van der Waals surface area contributed by atoms with Crippen LogP contribution in [0.1, 0.15) is 41.0 Å². The number of aryl methyl sites for hydroxylation is 1. The number of carbonyl (C=O) groups excluding carboxylic acids is 1. The lowest BCUT2D eigenvalue weighted by atomic mass is 10.1. The molecule has 0 aliphatic rings. The van der Waals surface area contributed by atoms with Crippen LogP contribution in [0.3, 0.4) is 0 Å². The van der Waals surface area contributed by atoms with E-state index in [9.17, 15) is 14.7 Å². The van der Waals surface area contributed by atoms with Crippen molar-refractivity contribution >= 4 is 34.4 Å². The summed E-state index contributed by atoms with van der Waals surface area (Å²) < 4.78 is 0. The van der Waals surface area contributed by atoms with Crippen molar-refractivity contribution < 1.29 is 9.90 Å². The Morgan fingerprint density at radius 3 is 2.82 bits per heavy atom. The molecule has 1 amide bonds. The quantitative estimate of drug-likeness (QED) is 0.282. The normalized spacial score (nSPS) is 11.8. The number of halogens is 1. The second-order valence-electron chi connectivity index (χ2n) is 7.87. The van der Waals surface area contributed by atoms with Gasteiger partial charge in [0.05, 0.1) is 22.1 Å². The highest BCUT2D eigenvalue weighted by molar-refractivity contribution is 6.35. The smallest absolute Gasteiger partial charge is 0.255 e. The Labute approximate surface area is 201 Å². The molecule has 0 radical (unpaired) electrons. The van der Waals surface area contributed by atoms with Crippen molar-refractivity contribution in [3.05, 3.63) is 93.0 Å². The van der Waals surface area contributed by atoms with Crippen LogP contribution >= 0.6 is 11.6 Å². The van der Waals surface area contributed by atoms with E-state index in [1.807, 2.05) is 31.2 Å². The molecule has 4 rings (SSSR count). The first-order valence-electron chi connectivity index (χ1n) is 10.9. The number of anilines is 1. The molecular formula is C25H24ClN5O3. The minimum Gasteiger partial charge on any atom is -0.507 e. The zero-order valence-electron chi connectivity index (χ0n) is 18.5. The third-order valence-corrected chi connectivity index (χ3v) is 5.74. The lowest BCUT2D eigenvalue weighted by Gasteiger charge is -2.15. The van der Waals surface area contributed by atoms with Gasteiger partial charge in [-0.25, -0.2) is 9.97 Å². The molecule has 4 aromatic rings. The molecule has 9 heteroatoms. The maximum absolute atomic E-state index is 12.6. The van der Waals surface area contributed by atoms with Crippen LogP contribution in [-0.2, 0) is 6.42 Å². The zero-order chi connectivity index (χ0) is 24.1. The number of phenolic OH excluding ortho intramolecular Hbond substituents is 1. The van der Waals surface area contributed by atoms with Gasteiger partial charge in [0.1, 0.15) is 5.75 Å². The van der Waals surface area contributed by atoms with Gasteiger partial charge in [0.2, 0.25) is 5.95 Å². The van der Waals surface area contributed by atoms with E-state index < -0.39 is 0 Å². The van der Waals surface area contributed by atoms with Crippen LogP contribution in [0.4, 0.5) is 5.95 Å². The Balaban J connectivity index is 1.36. The predicted molar refractivity (Wildman–Crippen MR) is 132 cm³/mol. The maximum atomic E-state index is 12.6. The molecule has 8 nitrogen and oxygen atoms in total. The van der Waals surface area contributed by atoms with Gasteiger partial charge in [-0.3, -0.25) is 9.59 Å². The first kappa shape index (κ1) is 23.3. The monoisotopic (exact) mass is 477 g/mol. The summed E-state index contributed by atoms with van der Waals surface area (Å²) in [6.45, 7) is 2.30. The van der Waals surface area contributed by atoms with Gasteiger partial charge >= 0.3 is 0 Å². The van der Waals surface area contributed by atoms with Crippen molar-refractivity contribution in [2.75, 3.05) is 11.9 Å². The minimum absolute atomic E-state index is 0.0472. The number of para-hydroxylation sites is 2. The molecule has 0 bridgehead atoms. The van der Waals surface area contributed by atoms with Crippen molar-refractivity contribution in [2.24, 2.45) is 0 Å². The number of aromatic amines is 1. The van der Waals surface area contributed by atoms with Crippen LogP contribution < -0.4 is 16.2 Å². The van der Waals surface area contributed by atoms with E-state index >= 15 is 0 Å². The van der Waals surface area contributed by atoms with Crippen molar-refractivity contribution in [1.29, 1.82) is 0 Å². The number of phenols is 1. The largest absolute Gasteiger partial charge is 0.507 e. The number of rotatable bonds is 8. The van der Waals surface area contributed by atoms with Crippen molar-refractivity contribution in [3.63, 3.8) is 0 Å². The minimum atomic E-state index is -0.333. The fourth-order valence-electron chi connectivity index (χ4n) is 3.64. The van der Waals surface area contributed by atoms with Crippen molar-refractivity contribution in [1.82, 2.24) is 20.3 Å². The van der Waals surface area contributed by atoms with E-state index in [-0.39, 0.29) is 28.8 Å². The van der Waals surface area contributed by atoms with Crippen LogP contribution in [0.2, 0.25) is 5.02 Å². The number of amides is 1. The number of aromatic hydroxyl groups is 1. The molecule has 0 unspecified atom stereocenters. The van der Waals surface area contributed by atoms with Crippen LogP contribution in [0.5, 0.6) is 5.75 Å². The van der Waals surface area contributed by atoms with Crippen LogP contribution in [0.25, 0.3) is 10.9 Å². The van der Waals surface area contributed by atoms with E-state index in [2.05, 4.69) is 25.6 Å². The number of nitrogens with zero attached hydrogens (tertiary/aromatic N) is 2. The fraction of sp³-hybridized carbons (Fsp3) is 0.200. The van der Waals surface area contributed by atoms with Gasteiger partial charge in [-0.1, -0.05) is 35.9 Å². The number of hydrogen-bond donors (Lipinski definition) is 4. The average Bonchev–Trinajstić information content (AvgIpc) is 2.82. The molecule has 0 saturated heterocycles. The summed E-state index contributed by atoms with van der Waals surface area (Å²) in [4.78, 5) is 36.4. The van der Waals surface area contributed by atoms with Gasteiger partial charge < -0.3 is 20.7 Å². The molecule has 2 aromatic heterocycles. The predicted octanol–water partition coefficient (Wildman–Crippen LogP) is 4.21. The summed E-state index contributed by atoms with van der Waals surface area (Å²) >= 11 is 6.18. The number of hydrogen-bond acceptors (Lipinski definition) is 6. The highest BCUT2D eigenvalue weighted by Gasteiger charge is 2.14. The second kappa shape index (κ2) is 10.4. The lowest BCUT2D eigenvalue weighted by Crippen LogP contribution is -2.25. The summed E-state index contributed by atoms with van der Waals surface area (Å²) in [7, 11) is 0. The standard InChI is InChI=1S/C25H24ClN5O3/c1-15(19-14-16-6-4-9-20(26)22(16)31-24(19)34)29-25-28-13-11-17(30-25)7-5-12-27-23(33)18-8-2-3-10-21(18)32/h2-4,6,8-11,13-15,32H,5,7,12H2,1H3,(H,27,33)(H,31,34)(H,28,29,30)/t15-/m0/s1. The van der Waals surface area contributed by atoms with Crippen LogP contribution in [0, 0.1) is 0 Å². The number of pyridine rings is 1. The molecule has 1 atom stereocenters. The van der Waals surface area contributed by atoms with Gasteiger partial charge in [0.15, 0.2) is 0 Å². The fourth-order valence-corrected chi connectivity index (χ4v) is 3.87. The number of aromatic nitrogens is 3. The second-order valence-corrected chi connectivity index (χ2v) is 8.28. The Morgan fingerprint density at radius 2 is 2.00 bits per heavy atom. The Kier molecular flexibility index (Phi) is 7.08. The topological polar surface area (TPSA) is 120 Å². The van der Waals surface area contributed by atoms with E-state index in [1.165, 1.54) is 6.07 Å². The summed E-state index contributed by atoms with van der Waals surface area (Å²) in [6.07, 6.45) is 2.94. The number of fused-ring (bicyclic) bond motifs is 1. The summed E-state index contributed by atoms with van der Waals surface area (Å²) in [6, 6.07) is 15.2. The molecule has 0 aliphatic carbocycles. The van der Waals surface area contributed by atoms with Crippen LogP contribution in [0.15, 0.2) is 65.6 Å². The molecule has 34 heavy (non-hydrogen) atoms. The zero-order valence-corrected chi connectivity index (χ0v) is 19.3. The van der Waals surface area contributed by atoms with Gasteiger partial charge in [-0.05, 0) is 50.1 Å². The Hall–Kier alpha value is -3.91. The van der Waals surface area contributed by atoms with E-state index in [4.69, 9.17) is 11.6 Å². The highest BCUT2D eigenvalue weighted by atomic mass is 35.5. The molecule has 0 fully saturated rings. The SMILES string of the molecule is C[C@H](Nc1nccc(CCCNC(=O)c2ccccc2O)n1)c1cc2cccc(Cl)c2[nH]c1=O. The van der Waals surface area contributed by atoms with E-state index in [0.29, 0.717) is 41.4 Å². The Morgan fingerprint density at radius 1 is 1.18 bits per heavy atom. The first-order valence-corrected chi connectivity index (χ1v) is 11.3. The summed E-state index contributed by atoms with van der Waals surface area (Å²) in [5.41, 5.74) is 1.99. The third-order valence-electron chi connectivity index (χ3n) is 5.43. The number of carbonyl (C=O) groups is 1. The third kappa shape index (κ3) is 5.35. The number of H-pyrrole nitrogens is 1. The molecule has 174 valence electrons. The molecule has 0 aliphatic heterocycles. The molecule has 0 spiro atoms. The lowest BCUT2D eigenvalue weighted by molar-refractivity contribution is 0.0950. The first-order chi connectivity index (χ1) is 16.4. The average molecular weight is 478 g/mol. The van der Waals surface area contributed by atoms with Gasteiger partial charge in [-0.2, -0.15) is 0 Å². The molecule has 4 N–H and O–H groups in total. The van der Waals surface area contributed by atoms with Crippen LogP contribution in [-0.4, -0.2) is 32.5 Å². The molecule has 0 saturated carbocycles. The van der Waals surface area contributed by atoms with Crippen molar-refractivity contribution in [2.45, 2.75) is 25.8 Å². The molecule has 2 aromatic carbocycles. The molecule has 2 heterocycles. The Bertz CT molecular complexity index is 1390. The van der Waals surface area contributed by atoms with E-state index in [1.54, 1.807) is 30.5 Å². The van der Waals surface area contributed by atoms with Crippen molar-refractivity contribution in [3.8, 4) is 5.75 Å². The maximum Gasteiger partial charge on any atom is 0.255 e. The molecular weight excluding hydrogens is 454 g/mol. The van der Waals surface area contributed by atoms with Gasteiger partial charge in [0.25, 0.3) is 11.5 Å².